The zero-order valence-corrected chi connectivity index (χ0v) is 17.6. The Balaban J connectivity index is 1.54. The van der Waals surface area contributed by atoms with E-state index in [0.29, 0.717) is 10.8 Å². The number of anilines is 1. The van der Waals surface area contributed by atoms with E-state index in [1.807, 2.05) is 6.92 Å². The molecule has 0 spiro atoms. The molecule has 2 aromatic heterocycles. The predicted molar refractivity (Wildman–Crippen MR) is 114 cm³/mol. The Morgan fingerprint density at radius 3 is 2.79 bits per heavy atom. The van der Waals surface area contributed by atoms with E-state index >= 15 is 0 Å². The molecular weight excluding hydrogens is 394 g/mol. The van der Waals surface area contributed by atoms with Crippen LogP contribution in [0.25, 0.3) is 10.2 Å². The van der Waals surface area contributed by atoms with Gasteiger partial charge in [-0.2, -0.15) is 0 Å². The number of nitrogens with one attached hydrogen (secondary N) is 1. The second kappa shape index (κ2) is 7.60. The van der Waals surface area contributed by atoms with Crippen LogP contribution in [0.2, 0.25) is 0 Å². The Hall–Kier alpha value is -2.32. The highest BCUT2D eigenvalue weighted by Gasteiger charge is 2.24. The third kappa shape index (κ3) is 3.42. The molecule has 1 atom stereocenters. The van der Waals surface area contributed by atoms with Gasteiger partial charge in [0.2, 0.25) is 5.91 Å². The first-order chi connectivity index (χ1) is 13.5. The summed E-state index contributed by atoms with van der Waals surface area (Å²) >= 11 is 2.91. The van der Waals surface area contributed by atoms with E-state index in [1.165, 1.54) is 22.2 Å². The molecule has 1 aromatic carbocycles. The molecule has 1 amide bonds. The minimum Gasteiger partial charge on any atom is -0.497 e. The summed E-state index contributed by atoms with van der Waals surface area (Å²) < 4.78 is 6.69. The molecule has 0 radical (unpaired) electrons. The summed E-state index contributed by atoms with van der Waals surface area (Å²) in [5, 5.41) is 3.82. The zero-order valence-electron chi connectivity index (χ0n) is 15.9. The van der Waals surface area contributed by atoms with Crippen LogP contribution >= 0.6 is 23.1 Å². The Morgan fingerprint density at radius 1 is 1.32 bits per heavy atom. The molecule has 0 aliphatic heterocycles. The number of benzene rings is 1. The summed E-state index contributed by atoms with van der Waals surface area (Å²) in [5.74, 6) is 0.592. The topological polar surface area (TPSA) is 73.2 Å². The number of rotatable bonds is 5. The molecule has 146 valence electrons. The van der Waals surface area contributed by atoms with Gasteiger partial charge in [-0.15, -0.1) is 11.3 Å². The van der Waals surface area contributed by atoms with Crippen LogP contribution in [0.1, 0.15) is 23.8 Å². The number of aryl methyl sites for hydroxylation is 2. The van der Waals surface area contributed by atoms with Crippen LogP contribution in [0.5, 0.6) is 5.75 Å². The van der Waals surface area contributed by atoms with Crippen molar-refractivity contribution in [1.82, 2.24) is 9.55 Å². The van der Waals surface area contributed by atoms with Gasteiger partial charge in [0.05, 0.1) is 17.7 Å². The number of amides is 1. The van der Waals surface area contributed by atoms with E-state index in [0.717, 1.165) is 35.2 Å². The van der Waals surface area contributed by atoms with Gasteiger partial charge in [-0.3, -0.25) is 14.2 Å². The number of carbonyl (C=O) groups excluding carboxylic acids is 1. The molecular formula is C20H21N3O3S2. The van der Waals surface area contributed by atoms with E-state index < -0.39 is 5.25 Å². The zero-order chi connectivity index (χ0) is 19.8. The third-order valence-electron chi connectivity index (χ3n) is 4.91. The Morgan fingerprint density at radius 2 is 2.07 bits per heavy atom. The molecule has 3 aromatic rings. The van der Waals surface area contributed by atoms with Gasteiger partial charge in [0.1, 0.15) is 10.6 Å². The number of methoxy groups -OCH3 is 1. The molecule has 1 unspecified atom stereocenters. The van der Waals surface area contributed by atoms with E-state index in [2.05, 4.69) is 5.32 Å². The standard InChI is InChI=1S/C20H21N3O3S2/c1-11(17(24)21-12-7-9-13(26-3)10-8-12)27-20-22-18-16(19(25)23(20)2)14-5-4-6-15(14)28-18/h7-11H,4-6H2,1-3H3,(H,21,24). The second-order valence-corrected chi connectivity index (χ2v) is 9.17. The molecule has 0 saturated heterocycles. The van der Waals surface area contributed by atoms with Crippen LogP contribution in [-0.4, -0.2) is 27.8 Å². The lowest BCUT2D eigenvalue weighted by Gasteiger charge is -2.14. The number of carbonyl (C=O) groups is 1. The average Bonchev–Trinajstić information content (AvgIpc) is 3.27. The molecule has 0 fully saturated rings. The highest BCUT2D eigenvalue weighted by atomic mass is 32.2. The summed E-state index contributed by atoms with van der Waals surface area (Å²) in [4.78, 5) is 32.2. The minimum atomic E-state index is -0.399. The monoisotopic (exact) mass is 415 g/mol. The maximum Gasteiger partial charge on any atom is 0.262 e. The molecule has 28 heavy (non-hydrogen) atoms. The van der Waals surface area contributed by atoms with E-state index in [9.17, 15) is 9.59 Å². The van der Waals surface area contributed by atoms with Gasteiger partial charge in [-0.05, 0) is 56.0 Å². The number of nitrogens with zero attached hydrogens (tertiary/aromatic N) is 2. The Kier molecular flexibility index (Phi) is 5.16. The smallest absolute Gasteiger partial charge is 0.262 e. The van der Waals surface area contributed by atoms with Crippen molar-refractivity contribution >= 4 is 44.9 Å². The van der Waals surface area contributed by atoms with Crippen LogP contribution in [0.3, 0.4) is 0 Å². The quantitative estimate of drug-likeness (QED) is 0.509. The number of fused-ring (bicyclic) bond motifs is 3. The third-order valence-corrected chi connectivity index (χ3v) is 7.24. The first-order valence-corrected chi connectivity index (χ1v) is 10.8. The molecule has 2 heterocycles. The van der Waals surface area contributed by atoms with E-state index in [1.54, 1.807) is 54.3 Å². The average molecular weight is 416 g/mol. The predicted octanol–water partition coefficient (Wildman–Crippen LogP) is 3.61. The Labute approximate surface area is 170 Å². The van der Waals surface area contributed by atoms with Gasteiger partial charge in [0.15, 0.2) is 5.16 Å². The molecule has 8 heteroatoms. The van der Waals surface area contributed by atoms with Crippen molar-refractivity contribution in [3.63, 3.8) is 0 Å². The fourth-order valence-electron chi connectivity index (χ4n) is 3.34. The summed E-state index contributed by atoms with van der Waals surface area (Å²) in [5.41, 5.74) is 1.86. The minimum absolute atomic E-state index is 0.0188. The molecule has 1 N–H and O–H groups in total. The van der Waals surface area contributed by atoms with Gasteiger partial charge in [-0.1, -0.05) is 11.8 Å². The first-order valence-electron chi connectivity index (χ1n) is 9.10. The fourth-order valence-corrected chi connectivity index (χ4v) is 5.52. The molecule has 1 aliphatic rings. The fraction of sp³-hybridized carbons (Fsp3) is 0.350. The summed E-state index contributed by atoms with van der Waals surface area (Å²) in [6.07, 6.45) is 3.10. The normalized spacial score (nSPS) is 14.1. The summed E-state index contributed by atoms with van der Waals surface area (Å²) in [6.45, 7) is 1.81. The maximum absolute atomic E-state index is 12.9. The van der Waals surface area contributed by atoms with Gasteiger partial charge in [0, 0.05) is 17.6 Å². The summed E-state index contributed by atoms with van der Waals surface area (Å²) in [7, 11) is 3.33. The van der Waals surface area contributed by atoms with Gasteiger partial charge in [0.25, 0.3) is 5.56 Å². The lowest BCUT2D eigenvalue weighted by atomic mass is 10.2. The first kappa shape index (κ1) is 19.0. The number of aromatic nitrogens is 2. The van der Waals surface area contributed by atoms with Crippen LogP contribution < -0.4 is 15.6 Å². The number of thiophene rings is 1. The number of ether oxygens (including phenoxy) is 1. The van der Waals surface area contributed by atoms with Crippen molar-refractivity contribution < 1.29 is 9.53 Å². The lowest BCUT2D eigenvalue weighted by Crippen LogP contribution is -2.25. The number of hydrogen-bond donors (Lipinski definition) is 1. The second-order valence-electron chi connectivity index (χ2n) is 6.77. The van der Waals surface area contributed by atoms with Gasteiger partial charge < -0.3 is 10.1 Å². The number of thioether (sulfide) groups is 1. The molecule has 1 aliphatic carbocycles. The van der Waals surface area contributed by atoms with Crippen molar-refractivity contribution in [2.45, 2.75) is 36.6 Å². The van der Waals surface area contributed by atoms with E-state index in [-0.39, 0.29) is 11.5 Å². The highest BCUT2D eigenvalue weighted by Crippen LogP contribution is 2.35. The largest absolute Gasteiger partial charge is 0.497 e. The van der Waals surface area contributed by atoms with Crippen LogP contribution in [0, 0.1) is 0 Å². The molecule has 0 bridgehead atoms. The van der Waals surface area contributed by atoms with Crippen molar-refractivity contribution in [2.75, 3.05) is 12.4 Å². The van der Waals surface area contributed by atoms with Crippen LogP contribution in [0.15, 0.2) is 34.2 Å². The Bertz CT molecular complexity index is 1100. The SMILES string of the molecule is COc1ccc(NC(=O)C(C)Sc2nc3sc4c(c3c(=O)n2C)CCC4)cc1. The maximum atomic E-state index is 12.9. The molecule has 4 rings (SSSR count). The number of hydrogen-bond acceptors (Lipinski definition) is 6. The highest BCUT2D eigenvalue weighted by molar-refractivity contribution is 8.00. The lowest BCUT2D eigenvalue weighted by molar-refractivity contribution is -0.115. The van der Waals surface area contributed by atoms with E-state index in [4.69, 9.17) is 9.72 Å². The van der Waals surface area contributed by atoms with Crippen molar-refractivity contribution in [3.8, 4) is 5.75 Å². The van der Waals surface area contributed by atoms with Crippen molar-refractivity contribution in [2.24, 2.45) is 7.05 Å². The van der Waals surface area contributed by atoms with Crippen LogP contribution in [-0.2, 0) is 24.7 Å². The van der Waals surface area contributed by atoms with Crippen molar-refractivity contribution in [1.29, 1.82) is 0 Å². The van der Waals surface area contributed by atoms with Gasteiger partial charge in [-0.25, -0.2) is 4.98 Å². The summed E-state index contributed by atoms with van der Waals surface area (Å²) in [6, 6.07) is 7.17. The van der Waals surface area contributed by atoms with Crippen molar-refractivity contribution in [3.05, 3.63) is 45.1 Å². The molecule has 0 saturated carbocycles. The van der Waals surface area contributed by atoms with Crippen LogP contribution in [0.4, 0.5) is 5.69 Å². The van der Waals surface area contributed by atoms with Gasteiger partial charge >= 0.3 is 0 Å². The molecule has 6 nitrogen and oxygen atoms in total.